The highest BCUT2D eigenvalue weighted by Gasteiger charge is 2.39. The van der Waals surface area contributed by atoms with E-state index in [-0.39, 0.29) is 0 Å². The van der Waals surface area contributed by atoms with Crippen LogP contribution in [0.5, 0.6) is 0 Å². The van der Waals surface area contributed by atoms with Crippen LogP contribution in [0.3, 0.4) is 0 Å². The van der Waals surface area contributed by atoms with E-state index in [0.29, 0.717) is 30.6 Å². The lowest BCUT2D eigenvalue weighted by molar-refractivity contribution is -0.143. The van der Waals surface area contributed by atoms with Crippen LogP contribution in [-0.2, 0) is 11.0 Å². The number of halogens is 3. The second kappa shape index (κ2) is 7.07. The summed E-state index contributed by atoms with van der Waals surface area (Å²) in [5.74, 6) is -0.965. The molecule has 0 saturated carbocycles. The highest BCUT2D eigenvalue weighted by atomic mass is 19.4. The second-order valence-electron chi connectivity index (χ2n) is 6.47. The maximum Gasteiger partial charge on any atom is 0.416 e. The van der Waals surface area contributed by atoms with Crippen molar-refractivity contribution in [3.63, 3.8) is 0 Å². The number of rotatable bonds is 4. The summed E-state index contributed by atoms with van der Waals surface area (Å²) < 4.78 is 39.5. The van der Waals surface area contributed by atoms with Crippen molar-refractivity contribution in [1.29, 1.82) is 0 Å². The SMILES string of the molecule is Cc1cccnc1C(c1cccc(C(F)(F)F)c1)N1CCCC1C(=O)O. The number of hydrogen-bond donors (Lipinski definition) is 1. The van der Waals surface area contributed by atoms with Crippen LogP contribution >= 0.6 is 0 Å². The van der Waals surface area contributed by atoms with Gasteiger partial charge in [0.1, 0.15) is 6.04 Å². The van der Waals surface area contributed by atoms with Crippen LogP contribution in [0, 0.1) is 6.92 Å². The van der Waals surface area contributed by atoms with Crippen LogP contribution in [0.4, 0.5) is 13.2 Å². The van der Waals surface area contributed by atoms with E-state index < -0.39 is 29.8 Å². The molecule has 0 bridgehead atoms. The topological polar surface area (TPSA) is 53.4 Å². The van der Waals surface area contributed by atoms with E-state index in [1.165, 1.54) is 6.07 Å². The predicted molar refractivity (Wildman–Crippen MR) is 89.6 cm³/mol. The molecule has 26 heavy (non-hydrogen) atoms. The van der Waals surface area contributed by atoms with Crippen molar-refractivity contribution >= 4 is 5.97 Å². The van der Waals surface area contributed by atoms with Gasteiger partial charge in [-0.05, 0) is 49.1 Å². The number of nitrogens with zero attached hydrogens (tertiary/aromatic N) is 2. The number of carboxylic acid groups (broad SMARTS) is 1. The van der Waals surface area contributed by atoms with Crippen LogP contribution in [0.15, 0.2) is 42.6 Å². The van der Waals surface area contributed by atoms with Crippen LogP contribution in [-0.4, -0.2) is 33.5 Å². The summed E-state index contributed by atoms with van der Waals surface area (Å²) in [5, 5.41) is 9.54. The number of alkyl halides is 3. The van der Waals surface area contributed by atoms with Gasteiger partial charge in [-0.15, -0.1) is 0 Å². The van der Waals surface area contributed by atoms with Crippen molar-refractivity contribution in [2.75, 3.05) is 6.54 Å². The molecule has 0 aliphatic carbocycles. The van der Waals surface area contributed by atoms with Crippen molar-refractivity contribution in [1.82, 2.24) is 9.88 Å². The fraction of sp³-hybridized carbons (Fsp3) is 0.368. The van der Waals surface area contributed by atoms with Gasteiger partial charge in [-0.25, -0.2) is 0 Å². The number of aryl methyl sites for hydroxylation is 1. The van der Waals surface area contributed by atoms with Crippen molar-refractivity contribution in [2.45, 2.75) is 38.0 Å². The highest BCUT2D eigenvalue weighted by molar-refractivity contribution is 5.74. The number of carboxylic acids is 1. The lowest BCUT2D eigenvalue weighted by atomic mass is 9.96. The minimum atomic E-state index is -4.46. The molecule has 2 unspecified atom stereocenters. The fourth-order valence-electron chi connectivity index (χ4n) is 3.54. The van der Waals surface area contributed by atoms with Gasteiger partial charge in [-0.1, -0.05) is 18.2 Å². The first-order valence-electron chi connectivity index (χ1n) is 8.36. The Balaban J connectivity index is 2.13. The normalized spacial score (nSPS) is 19.5. The number of benzene rings is 1. The summed E-state index contributed by atoms with van der Waals surface area (Å²) in [6, 6.07) is 7.27. The molecular weight excluding hydrogens is 345 g/mol. The molecule has 0 amide bonds. The zero-order chi connectivity index (χ0) is 18.9. The first-order chi connectivity index (χ1) is 12.3. The summed E-state index contributed by atoms with van der Waals surface area (Å²) in [4.78, 5) is 17.8. The van der Waals surface area contributed by atoms with Gasteiger partial charge in [0, 0.05) is 12.7 Å². The monoisotopic (exact) mass is 364 g/mol. The number of aromatic nitrogens is 1. The molecule has 2 atom stereocenters. The largest absolute Gasteiger partial charge is 0.480 e. The Bertz CT molecular complexity index is 807. The third-order valence-electron chi connectivity index (χ3n) is 4.75. The average Bonchev–Trinajstić information content (AvgIpc) is 3.06. The maximum absolute atomic E-state index is 13.2. The van der Waals surface area contributed by atoms with Gasteiger partial charge in [0.25, 0.3) is 0 Å². The zero-order valence-corrected chi connectivity index (χ0v) is 14.2. The quantitative estimate of drug-likeness (QED) is 0.889. The molecular formula is C19H19F3N2O2. The molecule has 4 nitrogen and oxygen atoms in total. The van der Waals surface area contributed by atoms with E-state index >= 15 is 0 Å². The van der Waals surface area contributed by atoms with Crippen molar-refractivity contribution < 1.29 is 23.1 Å². The Hall–Kier alpha value is -2.41. The molecule has 1 aromatic heterocycles. The fourth-order valence-corrected chi connectivity index (χ4v) is 3.54. The molecule has 138 valence electrons. The molecule has 2 heterocycles. The first-order valence-corrected chi connectivity index (χ1v) is 8.36. The van der Waals surface area contributed by atoms with Crippen LogP contribution < -0.4 is 0 Å². The Morgan fingerprint density at radius 3 is 2.73 bits per heavy atom. The van der Waals surface area contributed by atoms with Crippen molar-refractivity contribution in [3.8, 4) is 0 Å². The number of aliphatic carboxylic acids is 1. The van der Waals surface area contributed by atoms with E-state index in [1.807, 2.05) is 13.0 Å². The van der Waals surface area contributed by atoms with Crippen molar-refractivity contribution in [3.05, 3.63) is 65.0 Å². The van der Waals surface area contributed by atoms with Crippen LogP contribution in [0.25, 0.3) is 0 Å². The maximum atomic E-state index is 13.2. The Kier molecular flexibility index (Phi) is 5.00. The second-order valence-corrected chi connectivity index (χ2v) is 6.47. The smallest absolute Gasteiger partial charge is 0.416 e. The Morgan fingerprint density at radius 1 is 1.31 bits per heavy atom. The van der Waals surface area contributed by atoms with Gasteiger partial charge >= 0.3 is 12.1 Å². The summed E-state index contributed by atoms with van der Waals surface area (Å²) in [5.41, 5.74) is 1.04. The van der Waals surface area contributed by atoms with E-state index in [0.717, 1.165) is 17.7 Å². The Morgan fingerprint density at radius 2 is 2.08 bits per heavy atom. The first kappa shape index (κ1) is 18.4. The number of likely N-dealkylation sites (tertiary alicyclic amines) is 1. The average molecular weight is 364 g/mol. The number of hydrogen-bond acceptors (Lipinski definition) is 3. The molecule has 1 N–H and O–H groups in total. The molecule has 1 fully saturated rings. The van der Waals surface area contributed by atoms with Gasteiger partial charge in [-0.3, -0.25) is 14.7 Å². The third-order valence-corrected chi connectivity index (χ3v) is 4.75. The summed E-state index contributed by atoms with van der Waals surface area (Å²) in [7, 11) is 0. The number of carbonyl (C=O) groups is 1. The molecule has 0 radical (unpaired) electrons. The van der Waals surface area contributed by atoms with Gasteiger partial charge in [0.05, 0.1) is 17.3 Å². The minimum Gasteiger partial charge on any atom is -0.480 e. The molecule has 1 saturated heterocycles. The molecule has 7 heteroatoms. The van der Waals surface area contributed by atoms with Gasteiger partial charge in [-0.2, -0.15) is 13.2 Å². The number of pyridine rings is 1. The summed E-state index contributed by atoms with van der Waals surface area (Å²) in [6.07, 6.45) is -1.74. The van der Waals surface area contributed by atoms with Gasteiger partial charge in [0.2, 0.25) is 0 Å². The van der Waals surface area contributed by atoms with E-state index in [9.17, 15) is 23.1 Å². The highest BCUT2D eigenvalue weighted by Crippen LogP contribution is 2.37. The molecule has 1 aliphatic rings. The lowest BCUT2D eigenvalue weighted by Crippen LogP contribution is -2.39. The minimum absolute atomic E-state index is 0.398. The molecule has 0 spiro atoms. The lowest BCUT2D eigenvalue weighted by Gasteiger charge is -2.32. The third kappa shape index (κ3) is 3.58. The molecule has 1 aliphatic heterocycles. The van der Waals surface area contributed by atoms with Crippen LogP contribution in [0.2, 0.25) is 0 Å². The van der Waals surface area contributed by atoms with E-state index in [2.05, 4.69) is 4.98 Å². The summed E-state index contributed by atoms with van der Waals surface area (Å²) in [6.45, 7) is 2.32. The molecule has 3 rings (SSSR count). The van der Waals surface area contributed by atoms with Gasteiger partial charge in [0.15, 0.2) is 0 Å². The van der Waals surface area contributed by atoms with E-state index in [1.54, 1.807) is 23.2 Å². The molecule has 1 aromatic carbocycles. The predicted octanol–water partition coefficient (Wildman–Crippen LogP) is 4.05. The summed E-state index contributed by atoms with van der Waals surface area (Å²) >= 11 is 0. The van der Waals surface area contributed by atoms with E-state index in [4.69, 9.17) is 0 Å². The standard InChI is InChI=1S/C19H19F3N2O2/c1-12-5-3-9-23-16(12)17(24-10-4-8-15(24)18(25)26)13-6-2-7-14(11-13)19(20,21)22/h2-3,5-7,9,11,15,17H,4,8,10H2,1H3,(H,25,26). The Labute approximate surface area is 149 Å². The van der Waals surface area contributed by atoms with Crippen LogP contribution in [0.1, 0.15) is 41.3 Å². The van der Waals surface area contributed by atoms with Gasteiger partial charge < -0.3 is 5.11 Å². The zero-order valence-electron chi connectivity index (χ0n) is 14.2. The van der Waals surface area contributed by atoms with Crippen molar-refractivity contribution in [2.24, 2.45) is 0 Å². The molecule has 2 aromatic rings.